The van der Waals surface area contributed by atoms with Crippen molar-refractivity contribution in [2.45, 2.75) is 75.6 Å². The molecule has 10 nitrogen and oxygen atoms in total. The van der Waals surface area contributed by atoms with Crippen molar-refractivity contribution in [3.8, 4) is 5.75 Å². The number of benzene rings is 1. The molecule has 0 aliphatic heterocycles. The number of nitrogens with zero attached hydrogens (tertiary/aromatic N) is 1. The molecule has 0 spiro atoms. The first kappa shape index (κ1) is 28.5. The Balaban J connectivity index is 1.53. The molecular weight excluding hydrogens is 521 g/mol. The number of primary amides is 1. The number of aliphatic hydroxyl groups is 1. The zero-order chi connectivity index (χ0) is 29.3. The number of ketones is 4. The summed E-state index contributed by atoms with van der Waals surface area (Å²) in [7, 11) is 3.02. The number of phenols is 1. The Morgan fingerprint density at radius 3 is 2.40 bits per heavy atom. The van der Waals surface area contributed by atoms with Gasteiger partial charge in [0.15, 0.2) is 34.7 Å². The van der Waals surface area contributed by atoms with Crippen molar-refractivity contribution >= 4 is 29.0 Å². The first-order chi connectivity index (χ1) is 18.7. The standard InChI is InChI=1S/C29H36FN3O7/c1-28(7-5-4-6-8-28)32-12-14-11-17(34)19-15(21(14)30)9-13-10-16-22(33(2)3)24(36)20(27(31)39)26(38)29(16,40)25(37)18(13)23(19)35/h11,13,16,18,20,22,32,34,40H,4-10,12H2,1-3H3,(H2,31,39)/t13-,16-,18?,20?,22-,29-/m0/s1. The molecule has 3 saturated carbocycles. The van der Waals surface area contributed by atoms with Gasteiger partial charge in [0.05, 0.1) is 17.5 Å². The van der Waals surface area contributed by atoms with Gasteiger partial charge in [0, 0.05) is 29.1 Å². The van der Waals surface area contributed by atoms with Gasteiger partial charge in [0.25, 0.3) is 0 Å². The number of phenolic OH excluding ortho intramolecular Hbond substituents is 1. The molecular formula is C29H36FN3O7. The molecule has 1 amide bonds. The van der Waals surface area contributed by atoms with E-state index in [1.807, 2.05) is 0 Å². The maximum absolute atomic E-state index is 15.9. The molecule has 6 atom stereocenters. The summed E-state index contributed by atoms with van der Waals surface area (Å²) in [5.74, 6) is -12.2. The molecule has 11 heteroatoms. The van der Waals surface area contributed by atoms with E-state index in [9.17, 15) is 34.2 Å². The molecule has 1 aromatic carbocycles. The Bertz CT molecular complexity index is 1320. The third kappa shape index (κ3) is 4.12. The number of Topliss-reactive ketones (excluding diaryl/α,β-unsaturated/α-hetero) is 4. The van der Waals surface area contributed by atoms with Crippen molar-refractivity contribution in [1.82, 2.24) is 10.2 Å². The van der Waals surface area contributed by atoms with E-state index >= 15 is 4.39 Å². The van der Waals surface area contributed by atoms with Crippen molar-refractivity contribution in [1.29, 1.82) is 0 Å². The highest BCUT2D eigenvalue weighted by molar-refractivity contribution is 6.32. The Morgan fingerprint density at radius 2 is 1.80 bits per heavy atom. The molecule has 5 rings (SSSR count). The number of carbonyl (C=O) groups excluding carboxylic acids is 5. The van der Waals surface area contributed by atoms with Crippen LogP contribution in [0.5, 0.6) is 5.75 Å². The van der Waals surface area contributed by atoms with E-state index in [1.54, 1.807) is 0 Å². The molecule has 40 heavy (non-hydrogen) atoms. The fourth-order valence-corrected chi connectivity index (χ4v) is 7.65. The van der Waals surface area contributed by atoms with Gasteiger partial charge < -0.3 is 21.3 Å². The van der Waals surface area contributed by atoms with Crippen molar-refractivity contribution in [2.75, 3.05) is 14.1 Å². The summed E-state index contributed by atoms with van der Waals surface area (Å²) >= 11 is 0. The van der Waals surface area contributed by atoms with Crippen LogP contribution in [0.3, 0.4) is 0 Å². The Hall–Kier alpha value is -3.02. The third-order valence-electron chi connectivity index (χ3n) is 9.73. The summed E-state index contributed by atoms with van der Waals surface area (Å²) in [4.78, 5) is 67.4. The number of halogens is 1. The second-order valence-corrected chi connectivity index (χ2v) is 12.5. The lowest BCUT2D eigenvalue weighted by Gasteiger charge is -2.52. The van der Waals surface area contributed by atoms with Gasteiger partial charge in [-0.2, -0.15) is 0 Å². The van der Waals surface area contributed by atoms with E-state index in [0.717, 1.165) is 32.1 Å². The zero-order valence-electron chi connectivity index (χ0n) is 23.0. The number of aromatic hydroxyl groups is 1. The second kappa shape index (κ2) is 9.81. The molecule has 2 unspecified atom stereocenters. The molecule has 0 aromatic heterocycles. The van der Waals surface area contributed by atoms with Gasteiger partial charge in [-0.1, -0.05) is 19.3 Å². The number of amides is 1. The van der Waals surface area contributed by atoms with E-state index in [2.05, 4.69) is 12.2 Å². The van der Waals surface area contributed by atoms with E-state index in [0.29, 0.717) is 0 Å². The molecule has 5 N–H and O–H groups in total. The van der Waals surface area contributed by atoms with Gasteiger partial charge in [-0.3, -0.25) is 28.9 Å². The molecule has 216 valence electrons. The highest BCUT2D eigenvalue weighted by atomic mass is 19.1. The number of likely N-dealkylation sites (N-methyl/N-ethyl adjacent to an activating group) is 1. The number of nitrogens with one attached hydrogen (secondary N) is 1. The molecule has 3 fully saturated rings. The molecule has 1 aromatic rings. The van der Waals surface area contributed by atoms with Crippen LogP contribution in [0.2, 0.25) is 0 Å². The summed E-state index contributed by atoms with van der Waals surface area (Å²) in [6, 6.07) is -0.0157. The van der Waals surface area contributed by atoms with Crippen LogP contribution >= 0.6 is 0 Å². The van der Waals surface area contributed by atoms with Gasteiger partial charge in [0.1, 0.15) is 11.6 Å². The minimum Gasteiger partial charge on any atom is -0.507 e. The second-order valence-electron chi connectivity index (χ2n) is 12.5. The van der Waals surface area contributed by atoms with Crippen molar-refractivity contribution in [3.05, 3.63) is 28.6 Å². The molecule has 4 aliphatic carbocycles. The summed E-state index contributed by atoms with van der Waals surface area (Å²) in [6.45, 7) is 2.23. The molecule has 0 saturated heterocycles. The van der Waals surface area contributed by atoms with Crippen LogP contribution < -0.4 is 11.1 Å². The maximum atomic E-state index is 15.9. The summed E-state index contributed by atoms with van der Waals surface area (Å²) < 4.78 is 15.9. The monoisotopic (exact) mass is 557 g/mol. The highest BCUT2D eigenvalue weighted by Crippen LogP contribution is 2.51. The fraction of sp³-hybridized carbons (Fsp3) is 0.621. The maximum Gasteiger partial charge on any atom is 0.235 e. The fourth-order valence-electron chi connectivity index (χ4n) is 7.65. The van der Waals surface area contributed by atoms with E-state index in [1.165, 1.54) is 25.1 Å². The van der Waals surface area contributed by atoms with Crippen LogP contribution in [-0.2, 0) is 32.1 Å². The summed E-state index contributed by atoms with van der Waals surface area (Å²) in [5, 5.41) is 25.9. The lowest BCUT2D eigenvalue weighted by molar-refractivity contribution is -0.181. The van der Waals surface area contributed by atoms with Gasteiger partial charge >= 0.3 is 0 Å². The minimum atomic E-state index is -2.80. The number of rotatable bonds is 5. The summed E-state index contributed by atoms with van der Waals surface area (Å²) in [6.07, 6.45) is 4.96. The first-order valence-corrected chi connectivity index (χ1v) is 13.9. The van der Waals surface area contributed by atoms with Crippen LogP contribution in [0.1, 0.15) is 66.9 Å². The Kier molecular flexibility index (Phi) is 6.99. The smallest absolute Gasteiger partial charge is 0.235 e. The minimum absolute atomic E-state index is 0.0139. The first-order valence-electron chi connectivity index (χ1n) is 13.9. The SMILES string of the molecule is CN(C)[C@@H]1C(=O)C(C(N)=O)C(=O)[C@@]2(O)C(=O)C3C(=O)c4c(O)cc(CNC5(C)CCCCC5)c(F)c4C[C@H]3C[C@@H]12. The molecule has 0 radical (unpaired) electrons. The number of carbonyl (C=O) groups is 5. The molecule has 0 bridgehead atoms. The van der Waals surface area contributed by atoms with Gasteiger partial charge in [-0.15, -0.1) is 0 Å². The summed E-state index contributed by atoms with van der Waals surface area (Å²) in [5.41, 5.74) is 2.21. The predicted molar refractivity (Wildman–Crippen MR) is 140 cm³/mol. The highest BCUT2D eigenvalue weighted by Gasteiger charge is 2.69. The van der Waals surface area contributed by atoms with Crippen LogP contribution in [0.4, 0.5) is 4.39 Å². The number of hydrogen-bond donors (Lipinski definition) is 4. The van der Waals surface area contributed by atoms with E-state index < -0.39 is 75.9 Å². The van der Waals surface area contributed by atoms with Crippen molar-refractivity contribution in [2.24, 2.45) is 29.4 Å². The average molecular weight is 558 g/mol. The van der Waals surface area contributed by atoms with Crippen molar-refractivity contribution < 1.29 is 38.6 Å². The van der Waals surface area contributed by atoms with E-state index in [4.69, 9.17) is 5.73 Å². The molecule has 0 heterocycles. The van der Waals surface area contributed by atoms with Crippen molar-refractivity contribution in [3.63, 3.8) is 0 Å². The zero-order valence-corrected chi connectivity index (χ0v) is 23.0. The number of fused-ring (bicyclic) bond motifs is 3. The normalized spacial score (nSPS) is 33.4. The van der Waals surface area contributed by atoms with Crippen LogP contribution in [0.15, 0.2) is 6.07 Å². The Labute approximate surface area is 231 Å². The number of hydrogen-bond acceptors (Lipinski definition) is 9. The number of nitrogens with two attached hydrogens (primary N) is 1. The third-order valence-corrected chi connectivity index (χ3v) is 9.73. The lowest BCUT2D eigenvalue weighted by Crippen LogP contribution is -2.74. The largest absolute Gasteiger partial charge is 0.507 e. The Morgan fingerprint density at radius 1 is 1.15 bits per heavy atom. The molecule has 4 aliphatic rings. The van der Waals surface area contributed by atoms with Crippen LogP contribution in [0, 0.1) is 29.5 Å². The van der Waals surface area contributed by atoms with Gasteiger partial charge in [0.2, 0.25) is 5.91 Å². The quantitative estimate of drug-likeness (QED) is 0.383. The van der Waals surface area contributed by atoms with Gasteiger partial charge in [-0.25, -0.2) is 4.39 Å². The van der Waals surface area contributed by atoms with E-state index in [-0.39, 0.29) is 41.6 Å². The van der Waals surface area contributed by atoms with Crippen LogP contribution in [0.25, 0.3) is 0 Å². The van der Waals surface area contributed by atoms with Gasteiger partial charge in [-0.05, 0) is 58.7 Å². The van der Waals surface area contributed by atoms with Crippen LogP contribution in [-0.4, -0.2) is 75.4 Å². The predicted octanol–water partition coefficient (Wildman–Crippen LogP) is 0.819. The lowest BCUT2D eigenvalue weighted by atomic mass is 9.52. The topological polar surface area (TPSA) is 167 Å². The average Bonchev–Trinajstić information content (AvgIpc) is 2.87.